The van der Waals surface area contributed by atoms with Crippen molar-refractivity contribution in [2.75, 3.05) is 7.11 Å². The van der Waals surface area contributed by atoms with Gasteiger partial charge in [-0.2, -0.15) is 0 Å². The van der Waals surface area contributed by atoms with E-state index in [1.807, 2.05) is 42.5 Å². The minimum Gasteiger partial charge on any atom is -0.467 e. The normalized spacial score (nSPS) is 16.5. The summed E-state index contributed by atoms with van der Waals surface area (Å²) in [6.07, 6.45) is 3.54. The van der Waals surface area contributed by atoms with Gasteiger partial charge < -0.3 is 15.8 Å². The van der Waals surface area contributed by atoms with Gasteiger partial charge in [-0.05, 0) is 29.5 Å². The van der Waals surface area contributed by atoms with Gasteiger partial charge in [0.1, 0.15) is 6.04 Å². The van der Waals surface area contributed by atoms with Crippen molar-refractivity contribution in [2.45, 2.75) is 43.7 Å². The number of carbonyl (C=O) groups is 2. The molecule has 0 heterocycles. The molecule has 5 heteroatoms. The van der Waals surface area contributed by atoms with Crippen LogP contribution in [0.5, 0.6) is 0 Å². The topological polar surface area (TPSA) is 81.4 Å². The average molecular weight is 366 g/mol. The third-order valence-corrected chi connectivity index (χ3v) is 5.24. The maximum Gasteiger partial charge on any atom is 0.328 e. The summed E-state index contributed by atoms with van der Waals surface area (Å²) >= 11 is 0. The number of benzene rings is 2. The zero-order valence-electron chi connectivity index (χ0n) is 15.6. The van der Waals surface area contributed by atoms with E-state index in [1.54, 1.807) is 0 Å². The van der Waals surface area contributed by atoms with E-state index in [2.05, 4.69) is 17.4 Å². The molecule has 0 spiro atoms. The Balaban J connectivity index is 1.71. The van der Waals surface area contributed by atoms with E-state index in [4.69, 9.17) is 10.5 Å². The lowest BCUT2D eigenvalue weighted by atomic mass is 9.96. The van der Waals surface area contributed by atoms with Gasteiger partial charge in [-0.3, -0.25) is 4.79 Å². The van der Waals surface area contributed by atoms with Crippen LogP contribution in [0.4, 0.5) is 0 Å². The predicted molar refractivity (Wildman–Crippen MR) is 105 cm³/mol. The summed E-state index contributed by atoms with van der Waals surface area (Å²) in [5.74, 6) is -0.728. The Labute approximate surface area is 159 Å². The summed E-state index contributed by atoms with van der Waals surface area (Å²) in [5, 5.41) is 2.81. The Morgan fingerprint density at radius 2 is 1.63 bits per heavy atom. The highest BCUT2D eigenvalue weighted by atomic mass is 16.5. The number of esters is 1. The number of rotatable bonds is 6. The lowest BCUT2D eigenvalue weighted by Crippen LogP contribution is -2.56. The molecule has 0 aliphatic heterocycles. The number of nitrogens with two attached hydrogens (primary N) is 1. The standard InChI is InChI=1S/C22H26N2O3/c1-27-20(25)19(24-21(26)22(23)13-5-6-14-22)15-16-9-11-18(12-10-16)17-7-3-2-4-8-17/h2-4,7-12,19H,5-6,13-15,23H2,1H3,(H,24,26)/t19-/m0/s1. The van der Waals surface area contributed by atoms with E-state index in [9.17, 15) is 9.59 Å². The molecule has 0 unspecified atom stereocenters. The van der Waals surface area contributed by atoms with E-state index in [1.165, 1.54) is 7.11 Å². The fourth-order valence-corrected chi connectivity index (χ4v) is 3.57. The first-order chi connectivity index (χ1) is 13.0. The molecule has 0 radical (unpaired) electrons. The Hall–Kier alpha value is -2.66. The molecule has 5 nitrogen and oxygen atoms in total. The van der Waals surface area contributed by atoms with Crippen molar-refractivity contribution in [3.05, 3.63) is 60.2 Å². The van der Waals surface area contributed by atoms with Gasteiger partial charge in [0.05, 0.1) is 12.6 Å². The quantitative estimate of drug-likeness (QED) is 0.770. The molecule has 1 atom stereocenters. The van der Waals surface area contributed by atoms with E-state index >= 15 is 0 Å². The number of methoxy groups -OCH3 is 1. The third kappa shape index (κ3) is 4.55. The van der Waals surface area contributed by atoms with Crippen LogP contribution in [0, 0.1) is 0 Å². The van der Waals surface area contributed by atoms with Gasteiger partial charge in [0, 0.05) is 6.42 Å². The minimum absolute atomic E-state index is 0.267. The molecule has 1 aliphatic rings. The molecule has 1 amide bonds. The van der Waals surface area contributed by atoms with Crippen molar-refractivity contribution in [1.29, 1.82) is 0 Å². The van der Waals surface area contributed by atoms with Crippen LogP contribution in [0.2, 0.25) is 0 Å². The van der Waals surface area contributed by atoms with Gasteiger partial charge in [0.25, 0.3) is 0 Å². The summed E-state index contributed by atoms with van der Waals surface area (Å²) in [7, 11) is 1.33. The second-order valence-corrected chi connectivity index (χ2v) is 7.18. The van der Waals surface area contributed by atoms with Crippen molar-refractivity contribution in [3.8, 4) is 11.1 Å². The number of ether oxygens (including phenoxy) is 1. The van der Waals surface area contributed by atoms with E-state index < -0.39 is 17.6 Å². The second kappa shape index (κ2) is 8.35. The van der Waals surface area contributed by atoms with Crippen molar-refractivity contribution in [2.24, 2.45) is 5.73 Å². The first kappa shape index (κ1) is 19.1. The van der Waals surface area contributed by atoms with Crippen molar-refractivity contribution < 1.29 is 14.3 Å². The molecular formula is C22H26N2O3. The van der Waals surface area contributed by atoms with Crippen LogP contribution >= 0.6 is 0 Å². The van der Waals surface area contributed by atoms with E-state index in [0.717, 1.165) is 29.5 Å². The molecule has 3 rings (SSSR count). The number of hydrogen-bond acceptors (Lipinski definition) is 4. The van der Waals surface area contributed by atoms with E-state index in [0.29, 0.717) is 19.3 Å². The lowest BCUT2D eigenvalue weighted by Gasteiger charge is -2.25. The largest absolute Gasteiger partial charge is 0.467 e. The fraction of sp³-hybridized carbons (Fsp3) is 0.364. The average Bonchev–Trinajstić information content (AvgIpc) is 3.16. The summed E-state index contributed by atoms with van der Waals surface area (Å²) in [6, 6.07) is 17.3. The Bertz CT molecular complexity index is 781. The van der Waals surface area contributed by atoms with Gasteiger partial charge in [0.2, 0.25) is 5.91 Å². The van der Waals surface area contributed by atoms with Crippen LogP contribution in [0.15, 0.2) is 54.6 Å². The molecule has 142 valence electrons. The minimum atomic E-state index is -0.872. The predicted octanol–water partition coefficient (Wildman–Crippen LogP) is 2.83. The summed E-state index contributed by atoms with van der Waals surface area (Å²) in [6.45, 7) is 0. The number of nitrogens with one attached hydrogen (secondary N) is 1. The first-order valence-electron chi connectivity index (χ1n) is 9.34. The fourth-order valence-electron chi connectivity index (χ4n) is 3.57. The summed E-state index contributed by atoms with van der Waals surface area (Å²) in [5.41, 5.74) is 8.52. The summed E-state index contributed by atoms with van der Waals surface area (Å²) in [4.78, 5) is 24.8. The molecule has 2 aromatic rings. The molecule has 1 fully saturated rings. The molecule has 0 bridgehead atoms. The maximum atomic E-state index is 12.6. The van der Waals surface area contributed by atoms with E-state index in [-0.39, 0.29) is 5.91 Å². The van der Waals surface area contributed by atoms with Crippen LogP contribution in [0.1, 0.15) is 31.2 Å². The van der Waals surface area contributed by atoms with Gasteiger partial charge in [0.15, 0.2) is 0 Å². The number of hydrogen-bond donors (Lipinski definition) is 2. The van der Waals surface area contributed by atoms with Crippen molar-refractivity contribution in [3.63, 3.8) is 0 Å². The van der Waals surface area contributed by atoms with Gasteiger partial charge in [-0.25, -0.2) is 4.79 Å². The molecule has 0 aromatic heterocycles. The third-order valence-electron chi connectivity index (χ3n) is 5.24. The smallest absolute Gasteiger partial charge is 0.328 e. The lowest BCUT2D eigenvalue weighted by molar-refractivity contribution is -0.145. The highest BCUT2D eigenvalue weighted by Crippen LogP contribution is 2.27. The molecule has 3 N–H and O–H groups in total. The zero-order chi connectivity index (χ0) is 19.3. The molecule has 2 aromatic carbocycles. The van der Waals surface area contributed by atoms with Crippen molar-refractivity contribution in [1.82, 2.24) is 5.32 Å². The van der Waals surface area contributed by atoms with Gasteiger partial charge >= 0.3 is 5.97 Å². The van der Waals surface area contributed by atoms with Crippen LogP contribution in [0.25, 0.3) is 11.1 Å². The SMILES string of the molecule is COC(=O)[C@H](Cc1ccc(-c2ccccc2)cc1)NC(=O)C1(N)CCCC1. The Morgan fingerprint density at radius 1 is 1.04 bits per heavy atom. The Kier molecular flexibility index (Phi) is 5.91. The van der Waals surface area contributed by atoms with Crippen LogP contribution in [-0.4, -0.2) is 30.6 Å². The highest BCUT2D eigenvalue weighted by Gasteiger charge is 2.38. The van der Waals surface area contributed by atoms with Gasteiger partial charge in [-0.1, -0.05) is 67.4 Å². The van der Waals surface area contributed by atoms with Crippen molar-refractivity contribution >= 4 is 11.9 Å². The maximum absolute atomic E-state index is 12.6. The number of amides is 1. The molecular weight excluding hydrogens is 340 g/mol. The molecule has 1 aliphatic carbocycles. The first-order valence-corrected chi connectivity index (χ1v) is 9.34. The van der Waals surface area contributed by atoms with Crippen LogP contribution in [0.3, 0.4) is 0 Å². The van der Waals surface area contributed by atoms with Gasteiger partial charge in [-0.15, -0.1) is 0 Å². The zero-order valence-corrected chi connectivity index (χ0v) is 15.6. The second-order valence-electron chi connectivity index (χ2n) is 7.18. The Morgan fingerprint density at radius 3 is 2.22 bits per heavy atom. The van der Waals surface area contributed by atoms with Crippen LogP contribution < -0.4 is 11.1 Å². The highest BCUT2D eigenvalue weighted by molar-refractivity contribution is 5.90. The summed E-state index contributed by atoms with van der Waals surface area (Å²) < 4.78 is 4.88. The monoisotopic (exact) mass is 366 g/mol. The molecule has 1 saturated carbocycles. The molecule has 27 heavy (non-hydrogen) atoms. The van der Waals surface area contributed by atoms with Crippen LogP contribution in [-0.2, 0) is 20.7 Å². The molecule has 0 saturated heterocycles. The number of carbonyl (C=O) groups excluding carboxylic acids is 2.